The van der Waals surface area contributed by atoms with Gasteiger partial charge in [0.1, 0.15) is 17.0 Å². The molecule has 6 nitrogen and oxygen atoms in total. The van der Waals surface area contributed by atoms with Gasteiger partial charge in [-0.2, -0.15) is 0 Å². The zero-order valence-corrected chi connectivity index (χ0v) is 16.4. The van der Waals surface area contributed by atoms with Gasteiger partial charge in [0.2, 0.25) is 0 Å². The highest BCUT2D eigenvalue weighted by atomic mass is 16.2. The van der Waals surface area contributed by atoms with Crippen molar-refractivity contribution in [3.63, 3.8) is 0 Å². The number of rotatable bonds is 1. The Bertz CT molecular complexity index is 1200. The predicted octanol–water partition coefficient (Wildman–Crippen LogP) is 2.28. The summed E-state index contributed by atoms with van der Waals surface area (Å²) < 4.78 is 1.93. The number of hydrogen-bond acceptors (Lipinski definition) is 4. The average Bonchev–Trinajstić information content (AvgIpc) is 3.30. The van der Waals surface area contributed by atoms with E-state index < -0.39 is 0 Å². The lowest BCUT2D eigenvalue weighted by atomic mass is 10.1. The lowest BCUT2D eigenvalue weighted by Crippen LogP contribution is -2.27. The minimum Gasteiger partial charge on any atom is -0.382 e. The first kappa shape index (κ1) is 18.6. The average molecular weight is 383 g/mol. The van der Waals surface area contributed by atoms with Gasteiger partial charge in [-0.25, -0.2) is 9.97 Å². The maximum Gasteiger partial charge on any atom is 0.298 e. The van der Waals surface area contributed by atoms with Crippen LogP contribution in [0.15, 0.2) is 30.6 Å². The number of carbonyl (C=O) groups excluding carboxylic acids is 1. The number of nitrogen functional groups attached to an aromatic ring is 1. The van der Waals surface area contributed by atoms with E-state index in [4.69, 9.17) is 17.1 Å². The van der Waals surface area contributed by atoms with Crippen LogP contribution in [-0.2, 0) is 4.79 Å². The molecule has 1 atom stereocenters. The topological polar surface area (TPSA) is 76.5 Å². The lowest BCUT2D eigenvalue weighted by molar-refractivity contribution is -0.124. The molecule has 0 saturated carbocycles. The van der Waals surface area contributed by atoms with Crippen LogP contribution in [-0.4, -0.2) is 38.3 Å². The second kappa shape index (κ2) is 7.33. The molecule has 29 heavy (non-hydrogen) atoms. The Morgan fingerprint density at radius 2 is 2.00 bits per heavy atom. The molecule has 1 aromatic carbocycles. The van der Waals surface area contributed by atoms with Crippen molar-refractivity contribution in [1.82, 2.24) is 19.3 Å². The number of likely N-dealkylation sites (tertiary alicyclic amines) is 1. The number of carbonyl (C=O) groups is 1. The highest BCUT2D eigenvalue weighted by molar-refractivity contribution is 5.93. The molecule has 1 amide bonds. The van der Waals surface area contributed by atoms with E-state index in [1.807, 2.05) is 36.6 Å². The molecule has 2 N–H and O–H groups in total. The Kier molecular flexibility index (Phi) is 4.70. The van der Waals surface area contributed by atoms with E-state index in [-0.39, 0.29) is 11.8 Å². The summed E-state index contributed by atoms with van der Waals surface area (Å²) in [6.45, 7) is 5.25. The second-order valence-corrected chi connectivity index (χ2v) is 7.36. The minimum atomic E-state index is -0.288. The van der Waals surface area contributed by atoms with Crippen LogP contribution in [0, 0.1) is 38.0 Å². The molecule has 1 saturated heterocycles. The number of benzene rings is 1. The van der Waals surface area contributed by atoms with Crippen LogP contribution in [0.3, 0.4) is 0 Å². The van der Waals surface area contributed by atoms with Gasteiger partial charge in [0.05, 0.1) is 0 Å². The van der Waals surface area contributed by atoms with Crippen LogP contribution in [0.5, 0.6) is 0 Å². The summed E-state index contributed by atoms with van der Waals surface area (Å²) in [6.07, 6.45) is 9.53. The standard InChI is InChI=1S/C23H21N5O/c1-4-20(29)27-9-7-18(14-27)23-26-19(21-22(24)25-8-10-28(21)23)6-5-17-12-15(2)11-16(3)13-17/h1,8,10-13,18H,7,9,14H2,2-3H3,(H2,24,25)/t18-/m1/s1. The molecule has 3 heterocycles. The molecule has 0 bridgehead atoms. The van der Waals surface area contributed by atoms with Crippen molar-refractivity contribution in [3.05, 3.63) is 58.8 Å². The Balaban J connectivity index is 1.76. The van der Waals surface area contributed by atoms with Crippen molar-refractivity contribution in [2.24, 2.45) is 0 Å². The zero-order chi connectivity index (χ0) is 20.5. The smallest absolute Gasteiger partial charge is 0.298 e. The number of nitrogens with two attached hydrogens (primary N) is 1. The maximum atomic E-state index is 11.8. The van der Waals surface area contributed by atoms with Crippen molar-refractivity contribution in [1.29, 1.82) is 0 Å². The van der Waals surface area contributed by atoms with E-state index in [9.17, 15) is 4.79 Å². The monoisotopic (exact) mass is 383 g/mol. The molecule has 1 aliphatic rings. The van der Waals surface area contributed by atoms with Gasteiger partial charge in [0.15, 0.2) is 5.82 Å². The molecule has 1 fully saturated rings. The SMILES string of the molecule is C#CC(=O)N1CC[C@@H](c2nc(C#Cc3cc(C)cc(C)c3)c3c(N)nccn23)C1. The van der Waals surface area contributed by atoms with E-state index in [0.29, 0.717) is 30.1 Å². The fourth-order valence-electron chi connectivity index (χ4n) is 3.89. The Hall–Kier alpha value is -3.77. The number of hydrogen-bond donors (Lipinski definition) is 1. The number of amides is 1. The summed E-state index contributed by atoms with van der Waals surface area (Å²) >= 11 is 0. The van der Waals surface area contributed by atoms with Crippen molar-refractivity contribution in [2.75, 3.05) is 18.8 Å². The van der Waals surface area contributed by atoms with Gasteiger partial charge in [-0.1, -0.05) is 12.0 Å². The Labute approximate surface area is 169 Å². The highest BCUT2D eigenvalue weighted by Gasteiger charge is 2.30. The van der Waals surface area contributed by atoms with E-state index in [2.05, 4.69) is 28.8 Å². The number of aryl methyl sites for hydroxylation is 2. The van der Waals surface area contributed by atoms with E-state index in [1.54, 1.807) is 11.1 Å². The Morgan fingerprint density at radius 1 is 1.24 bits per heavy atom. The van der Waals surface area contributed by atoms with Crippen LogP contribution >= 0.6 is 0 Å². The summed E-state index contributed by atoms with van der Waals surface area (Å²) in [5.41, 5.74) is 10.7. The van der Waals surface area contributed by atoms with Gasteiger partial charge in [-0.15, -0.1) is 6.42 Å². The van der Waals surface area contributed by atoms with E-state index in [0.717, 1.165) is 28.9 Å². The van der Waals surface area contributed by atoms with Gasteiger partial charge in [0, 0.05) is 37.0 Å². The fraction of sp³-hybridized carbons (Fsp3) is 0.261. The van der Waals surface area contributed by atoms with Crippen molar-refractivity contribution in [2.45, 2.75) is 26.2 Å². The molecule has 144 valence electrons. The van der Waals surface area contributed by atoms with Crippen molar-refractivity contribution >= 4 is 17.2 Å². The number of fused-ring (bicyclic) bond motifs is 1. The first-order valence-electron chi connectivity index (χ1n) is 9.44. The highest BCUT2D eigenvalue weighted by Crippen LogP contribution is 2.29. The fourth-order valence-corrected chi connectivity index (χ4v) is 3.89. The summed E-state index contributed by atoms with van der Waals surface area (Å²) in [4.78, 5) is 22.5. The normalized spacial score (nSPS) is 15.8. The van der Waals surface area contributed by atoms with Crippen LogP contribution in [0.25, 0.3) is 5.52 Å². The summed E-state index contributed by atoms with van der Waals surface area (Å²) in [6, 6.07) is 6.20. The first-order chi connectivity index (χ1) is 14.0. The third kappa shape index (κ3) is 3.53. The number of aromatic nitrogens is 3. The molecular formula is C23H21N5O. The third-order valence-electron chi connectivity index (χ3n) is 5.12. The van der Waals surface area contributed by atoms with Gasteiger partial charge in [0.25, 0.3) is 5.91 Å². The molecule has 4 rings (SSSR count). The third-order valence-corrected chi connectivity index (χ3v) is 5.12. The van der Waals surface area contributed by atoms with Crippen LogP contribution in [0.2, 0.25) is 0 Å². The predicted molar refractivity (Wildman–Crippen MR) is 112 cm³/mol. The molecule has 6 heteroatoms. The van der Waals surface area contributed by atoms with Gasteiger partial charge >= 0.3 is 0 Å². The van der Waals surface area contributed by atoms with Crippen molar-refractivity contribution < 1.29 is 4.79 Å². The van der Waals surface area contributed by atoms with Gasteiger partial charge < -0.3 is 10.6 Å². The Morgan fingerprint density at radius 3 is 2.72 bits per heavy atom. The van der Waals surface area contributed by atoms with Crippen LogP contribution < -0.4 is 5.73 Å². The number of anilines is 1. The molecule has 0 spiro atoms. The quantitative estimate of drug-likeness (QED) is 0.654. The number of nitrogens with zero attached hydrogens (tertiary/aromatic N) is 4. The second-order valence-electron chi connectivity index (χ2n) is 7.36. The molecule has 3 aromatic rings. The van der Waals surface area contributed by atoms with Gasteiger partial charge in [-0.3, -0.25) is 9.20 Å². The van der Waals surface area contributed by atoms with Crippen LogP contribution in [0.1, 0.15) is 40.5 Å². The summed E-state index contributed by atoms with van der Waals surface area (Å²) in [5, 5.41) is 0. The maximum absolute atomic E-state index is 11.8. The molecule has 0 aliphatic carbocycles. The van der Waals surface area contributed by atoms with Crippen molar-refractivity contribution in [3.8, 4) is 24.2 Å². The summed E-state index contributed by atoms with van der Waals surface area (Å²) in [5.74, 6) is 9.55. The van der Waals surface area contributed by atoms with Crippen LogP contribution in [0.4, 0.5) is 5.82 Å². The molecule has 0 unspecified atom stereocenters. The first-order valence-corrected chi connectivity index (χ1v) is 9.44. The molecule has 2 aromatic heterocycles. The molecule has 0 radical (unpaired) electrons. The van der Waals surface area contributed by atoms with Gasteiger partial charge in [-0.05, 0) is 55.4 Å². The molecular weight excluding hydrogens is 362 g/mol. The minimum absolute atomic E-state index is 0.0679. The zero-order valence-electron chi connectivity index (χ0n) is 16.4. The lowest BCUT2D eigenvalue weighted by Gasteiger charge is -2.12. The van der Waals surface area contributed by atoms with E-state index in [1.165, 1.54) is 0 Å². The van der Waals surface area contributed by atoms with E-state index >= 15 is 0 Å². The molecule has 1 aliphatic heterocycles. The largest absolute Gasteiger partial charge is 0.382 e. The number of imidazole rings is 1. The number of terminal acetylenes is 1. The summed E-state index contributed by atoms with van der Waals surface area (Å²) in [7, 11) is 0.